The number of amides is 5. The molecule has 316 valence electrons. The van der Waals surface area contributed by atoms with E-state index in [9.17, 15) is 29.2 Å². The predicted molar refractivity (Wildman–Crippen MR) is 224 cm³/mol. The van der Waals surface area contributed by atoms with Gasteiger partial charge in [0, 0.05) is 59.3 Å². The van der Waals surface area contributed by atoms with Crippen LogP contribution in [0.4, 0.5) is 0 Å². The van der Waals surface area contributed by atoms with E-state index in [1.165, 1.54) is 0 Å². The number of carbonyl (C=O) groups excluding carboxylic acids is 5. The van der Waals surface area contributed by atoms with Crippen molar-refractivity contribution in [2.75, 3.05) is 20.2 Å². The molecule has 8 rings (SSSR count). The van der Waals surface area contributed by atoms with Gasteiger partial charge in [-0.25, -0.2) is 0 Å². The van der Waals surface area contributed by atoms with Crippen molar-refractivity contribution in [1.82, 2.24) is 25.4 Å². The van der Waals surface area contributed by atoms with Crippen molar-refractivity contribution < 1.29 is 38.2 Å². The lowest BCUT2D eigenvalue weighted by atomic mass is 9.49. The number of ether oxygens (including phenoxy) is 3. The molecule has 4 aromatic rings. The van der Waals surface area contributed by atoms with Gasteiger partial charge >= 0.3 is 0 Å². The summed E-state index contributed by atoms with van der Waals surface area (Å²) in [6.45, 7) is 9.83. The van der Waals surface area contributed by atoms with E-state index in [1.54, 1.807) is 42.6 Å². The van der Waals surface area contributed by atoms with Crippen LogP contribution in [0.5, 0.6) is 17.2 Å². The number of hydrogen-bond donors (Lipinski definition) is 2. The molecule has 2 aliphatic heterocycles. The Hall–Kier alpha value is -6.33. The number of unbranched alkanes of at least 4 members (excludes halogenated alkanes) is 1. The van der Waals surface area contributed by atoms with Crippen molar-refractivity contribution in [2.45, 2.75) is 96.6 Å². The summed E-state index contributed by atoms with van der Waals surface area (Å²) in [6.07, 6.45) is 5.09. The van der Waals surface area contributed by atoms with Crippen molar-refractivity contribution in [3.05, 3.63) is 95.2 Å². The Morgan fingerprint density at radius 2 is 1.66 bits per heavy atom. The number of carbonyl (C=O) groups is 5. The van der Waals surface area contributed by atoms with Crippen molar-refractivity contribution >= 4 is 40.4 Å². The lowest BCUT2D eigenvalue weighted by Crippen LogP contribution is -2.74. The number of nitriles is 1. The third kappa shape index (κ3) is 7.78. The second-order valence-corrected chi connectivity index (χ2v) is 17.7. The minimum atomic E-state index is -1.00. The first kappa shape index (κ1) is 41.4. The Morgan fingerprint density at radius 3 is 2.38 bits per heavy atom. The van der Waals surface area contributed by atoms with E-state index >= 15 is 0 Å². The Kier molecular flexibility index (Phi) is 11.0. The first-order valence-electron chi connectivity index (χ1n) is 20.9. The molecule has 4 aliphatic rings. The molecule has 3 fully saturated rings. The molecule has 0 radical (unpaired) electrons. The van der Waals surface area contributed by atoms with Gasteiger partial charge in [-0.1, -0.05) is 27.7 Å². The largest absolute Gasteiger partial charge is 0.494 e. The molecule has 0 spiro atoms. The van der Waals surface area contributed by atoms with Crippen LogP contribution in [0, 0.1) is 22.2 Å². The van der Waals surface area contributed by atoms with E-state index in [0.29, 0.717) is 46.5 Å². The van der Waals surface area contributed by atoms with E-state index in [4.69, 9.17) is 14.2 Å². The van der Waals surface area contributed by atoms with Gasteiger partial charge in [0.05, 0.1) is 28.8 Å². The van der Waals surface area contributed by atoms with Gasteiger partial charge < -0.3 is 24.4 Å². The van der Waals surface area contributed by atoms with Gasteiger partial charge in [0.25, 0.3) is 17.7 Å². The van der Waals surface area contributed by atoms with E-state index in [2.05, 4.69) is 61.3 Å². The average molecular weight is 827 g/mol. The fourth-order valence-electron chi connectivity index (χ4n) is 9.73. The van der Waals surface area contributed by atoms with E-state index < -0.39 is 29.7 Å². The molecule has 1 unspecified atom stereocenters. The number of nitrogens with zero attached hydrogens (tertiary/aromatic N) is 4. The third-order valence-corrected chi connectivity index (χ3v) is 12.9. The Labute approximate surface area is 354 Å². The molecule has 5 amide bonds. The highest BCUT2D eigenvalue weighted by Crippen LogP contribution is 2.56. The zero-order valence-electron chi connectivity index (χ0n) is 35.0. The highest BCUT2D eigenvalue weighted by atomic mass is 16.5. The van der Waals surface area contributed by atoms with Crippen LogP contribution in [-0.2, 0) is 9.59 Å². The highest BCUT2D eigenvalue weighted by Gasteiger charge is 2.64. The molecule has 3 heterocycles. The normalized spacial score (nSPS) is 23.7. The van der Waals surface area contributed by atoms with E-state index in [1.807, 2.05) is 30.3 Å². The first-order valence-corrected chi connectivity index (χ1v) is 20.9. The van der Waals surface area contributed by atoms with Gasteiger partial charge in [-0.05, 0) is 99.6 Å². The quantitative estimate of drug-likeness (QED) is 0.116. The Balaban J connectivity index is 0.745. The number of fused-ring (bicyclic) bond motifs is 2. The summed E-state index contributed by atoms with van der Waals surface area (Å²) in [6, 6.07) is 20.7. The zero-order chi connectivity index (χ0) is 43.2. The van der Waals surface area contributed by atoms with Crippen LogP contribution < -0.4 is 24.8 Å². The number of imide groups is 2. The van der Waals surface area contributed by atoms with Crippen LogP contribution in [0.1, 0.15) is 103 Å². The van der Waals surface area contributed by atoms with Gasteiger partial charge in [0.1, 0.15) is 41.6 Å². The van der Waals surface area contributed by atoms with E-state index in [-0.39, 0.29) is 59.0 Å². The Morgan fingerprint density at radius 1 is 0.934 bits per heavy atom. The number of piperidine rings is 1. The fourth-order valence-corrected chi connectivity index (χ4v) is 9.73. The lowest BCUT2D eigenvalue weighted by molar-refractivity contribution is -0.163. The molecule has 2 aliphatic carbocycles. The van der Waals surface area contributed by atoms with Crippen molar-refractivity contribution in [1.29, 1.82) is 5.26 Å². The van der Waals surface area contributed by atoms with Gasteiger partial charge in [0.2, 0.25) is 11.8 Å². The SMILES string of the molecule is CN(CCCCOc1ccc(C(=O)N[C@H]2C(C)(C)[C@H](Oc3ccc(C#N)c4ncccc34)C2(C)C)cc1)[C@H]1C[C@H](Oc2ccc3c(c2)C(=O)N(C2CCC(=O)NC2=O)C3=O)C1. The van der Waals surface area contributed by atoms with Crippen LogP contribution in [0.2, 0.25) is 0 Å². The topological polar surface area (TPSA) is 180 Å². The highest BCUT2D eigenvalue weighted by molar-refractivity contribution is 6.23. The predicted octanol–water partition coefficient (Wildman–Crippen LogP) is 5.82. The molecule has 1 aromatic heterocycles. The number of benzene rings is 3. The maximum absolute atomic E-state index is 13.5. The van der Waals surface area contributed by atoms with Crippen LogP contribution >= 0.6 is 0 Å². The molecule has 61 heavy (non-hydrogen) atoms. The van der Waals surface area contributed by atoms with Crippen LogP contribution in [0.25, 0.3) is 10.9 Å². The third-order valence-electron chi connectivity index (χ3n) is 12.9. The number of hydrogen-bond acceptors (Lipinski definition) is 11. The summed E-state index contributed by atoms with van der Waals surface area (Å²) in [4.78, 5) is 71.2. The van der Waals surface area contributed by atoms with Crippen molar-refractivity contribution in [3.63, 3.8) is 0 Å². The summed E-state index contributed by atoms with van der Waals surface area (Å²) < 4.78 is 18.8. The zero-order valence-corrected chi connectivity index (χ0v) is 35.0. The molecule has 14 heteroatoms. The molecule has 14 nitrogen and oxygen atoms in total. The number of rotatable bonds is 14. The summed E-state index contributed by atoms with van der Waals surface area (Å²) >= 11 is 0. The minimum absolute atomic E-state index is 0.0194. The molecule has 1 atom stereocenters. The van der Waals surface area contributed by atoms with Gasteiger partial charge in [-0.15, -0.1) is 0 Å². The van der Waals surface area contributed by atoms with Gasteiger partial charge in [-0.3, -0.25) is 39.2 Å². The maximum atomic E-state index is 13.5. The summed E-state index contributed by atoms with van der Waals surface area (Å²) in [5.41, 5.74) is 1.32. The van der Waals surface area contributed by atoms with Gasteiger partial charge in [0.15, 0.2) is 0 Å². The fraction of sp³-hybridized carbons (Fsp3) is 0.426. The lowest BCUT2D eigenvalue weighted by Gasteiger charge is -2.63. The number of pyridine rings is 1. The summed E-state index contributed by atoms with van der Waals surface area (Å²) in [7, 11) is 2.10. The minimum Gasteiger partial charge on any atom is -0.494 e. The molecule has 1 saturated heterocycles. The van der Waals surface area contributed by atoms with Crippen molar-refractivity contribution in [2.24, 2.45) is 10.8 Å². The second kappa shape index (κ2) is 16.3. The Bertz CT molecular complexity index is 2440. The summed E-state index contributed by atoms with van der Waals surface area (Å²) in [5, 5.41) is 15.8. The molecule has 2 N–H and O–H groups in total. The van der Waals surface area contributed by atoms with Crippen LogP contribution in [0.3, 0.4) is 0 Å². The maximum Gasteiger partial charge on any atom is 0.262 e. The molecule has 3 aromatic carbocycles. The van der Waals surface area contributed by atoms with Crippen LogP contribution in [-0.4, -0.2) is 94.9 Å². The monoisotopic (exact) mass is 826 g/mol. The first-order chi connectivity index (χ1) is 29.2. The smallest absolute Gasteiger partial charge is 0.262 e. The molecule has 0 bridgehead atoms. The van der Waals surface area contributed by atoms with Gasteiger partial charge in [-0.2, -0.15) is 5.26 Å². The molecular weight excluding hydrogens is 777 g/mol. The van der Waals surface area contributed by atoms with Crippen LogP contribution in [0.15, 0.2) is 72.9 Å². The number of aromatic nitrogens is 1. The van der Waals surface area contributed by atoms with Crippen molar-refractivity contribution in [3.8, 4) is 23.3 Å². The van der Waals surface area contributed by atoms with E-state index in [0.717, 1.165) is 42.5 Å². The average Bonchev–Trinajstić information content (AvgIpc) is 3.47. The summed E-state index contributed by atoms with van der Waals surface area (Å²) in [5.74, 6) is -0.430. The molecular formula is C47H50N6O8. The molecule has 2 saturated carbocycles. The second-order valence-electron chi connectivity index (χ2n) is 17.7. The standard InChI is InChI=1S/C47H50N6O8/c1-46(2)44(47(3,4)45(46)61-37-18-12-28(26-48)39-34(37)9-8-20-49-39)51-40(55)27-10-13-30(14-11-27)59-22-7-6-21-52(5)29-23-32(24-29)60-31-15-16-33-35(25-31)43(58)53(42(33)57)36-17-19-38(54)50-41(36)56/h8-16,18,20,25,29,32,36,44-45H,6-7,17,19,21-24H2,1-5H3,(H,51,55)(H,50,54,56)/t29-,32-,36?,44-,45-. The number of nitrogens with one attached hydrogen (secondary N) is 2.